The molecule has 0 aliphatic carbocycles. The van der Waals surface area contributed by atoms with Crippen LogP contribution in [0.15, 0.2) is 4.52 Å². The number of nitrogens with one attached hydrogen (secondary N) is 1. The van der Waals surface area contributed by atoms with E-state index in [9.17, 15) is 0 Å². The minimum absolute atomic E-state index is 0.0680. The zero-order chi connectivity index (χ0) is 13.9. The van der Waals surface area contributed by atoms with Gasteiger partial charge in [0.15, 0.2) is 5.82 Å². The number of hydrogen-bond acceptors (Lipinski definition) is 6. The molecule has 1 unspecified atom stereocenters. The highest BCUT2D eigenvalue weighted by molar-refractivity contribution is 5.00. The molecule has 1 fully saturated rings. The molecule has 108 valence electrons. The Hall–Kier alpha value is -0.980. The lowest BCUT2D eigenvalue weighted by Crippen LogP contribution is -2.45. The highest BCUT2D eigenvalue weighted by atomic mass is 16.5. The highest BCUT2D eigenvalue weighted by Gasteiger charge is 2.24. The molecule has 1 aromatic rings. The number of aromatic nitrogens is 2. The van der Waals surface area contributed by atoms with Crippen molar-refractivity contribution in [3.8, 4) is 0 Å². The number of ether oxygens (including phenoxy) is 1. The summed E-state index contributed by atoms with van der Waals surface area (Å²) in [6, 6.07) is 0. The van der Waals surface area contributed by atoms with E-state index in [1.165, 1.54) is 0 Å². The SMILES string of the molecule is CNCC1CN(Cc2nc(C(C)(C)C)no2)CCO1. The van der Waals surface area contributed by atoms with E-state index in [1.54, 1.807) is 0 Å². The first-order valence-electron chi connectivity index (χ1n) is 6.80. The second-order valence-corrected chi connectivity index (χ2v) is 6.05. The normalized spacial score (nSPS) is 21.8. The summed E-state index contributed by atoms with van der Waals surface area (Å²) in [5.41, 5.74) is -0.0680. The zero-order valence-electron chi connectivity index (χ0n) is 12.3. The van der Waals surface area contributed by atoms with Gasteiger partial charge >= 0.3 is 0 Å². The topological polar surface area (TPSA) is 63.4 Å². The van der Waals surface area contributed by atoms with E-state index < -0.39 is 0 Å². The lowest BCUT2D eigenvalue weighted by molar-refractivity contribution is -0.0318. The van der Waals surface area contributed by atoms with E-state index in [2.05, 4.69) is 41.1 Å². The van der Waals surface area contributed by atoms with Gasteiger partial charge in [0.25, 0.3) is 0 Å². The molecule has 0 aromatic carbocycles. The Morgan fingerprint density at radius 3 is 2.84 bits per heavy atom. The molecule has 19 heavy (non-hydrogen) atoms. The summed E-state index contributed by atoms with van der Waals surface area (Å²) in [5, 5.41) is 7.19. The predicted octanol–water partition coefficient (Wildman–Crippen LogP) is 0.787. The minimum atomic E-state index is -0.0680. The fourth-order valence-electron chi connectivity index (χ4n) is 2.09. The molecule has 1 aliphatic heterocycles. The van der Waals surface area contributed by atoms with Gasteiger partial charge in [-0.3, -0.25) is 4.90 Å². The molecule has 1 aliphatic rings. The van der Waals surface area contributed by atoms with E-state index in [-0.39, 0.29) is 11.5 Å². The Balaban J connectivity index is 1.92. The Morgan fingerprint density at radius 2 is 2.21 bits per heavy atom. The van der Waals surface area contributed by atoms with E-state index >= 15 is 0 Å². The number of hydrogen-bond donors (Lipinski definition) is 1. The number of nitrogens with zero attached hydrogens (tertiary/aromatic N) is 3. The van der Waals surface area contributed by atoms with Crippen LogP contribution in [-0.4, -0.2) is 54.4 Å². The van der Waals surface area contributed by atoms with Crippen LogP contribution in [-0.2, 0) is 16.7 Å². The Kier molecular flexibility index (Phi) is 4.54. The smallest absolute Gasteiger partial charge is 0.240 e. The second-order valence-electron chi connectivity index (χ2n) is 6.05. The van der Waals surface area contributed by atoms with E-state index in [0.29, 0.717) is 12.4 Å². The Bertz CT molecular complexity index is 398. The molecule has 6 nitrogen and oxygen atoms in total. The molecule has 0 radical (unpaired) electrons. The first-order valence-corrected chi connectivity index (χ1v) is 6.80. The molecule has 6 heteroatoms. The molecule has 1 atom stereocenters. The molecular formula is C13H24N4O2. The summed E-state index contributed by atoms with van der Waals surface area (Å²) < 4.78 is 11.0. The van der Waals surface area contributed by atoms with Crippen LogP contribution >= 0.6 is 0 Å². The Morgan fingerprint density at radius 1 is 1.42 bits per heavy atom. The van der Waals surface area contributed by atoms with Crippen molar-refractivity contribution < 1.29 is 9.26 Å². The zero-order valence-corrected chi connectivity index (χ0v) is 12.3. The van der Waals surface area contributed by atoms with Crippen LogP contribution in [0, 0.1) is 0 Å². The third-order valence-electron chi connectivity index (χ3n) is 3.15. The summed E-state index contributed by atoms with van der Waals surface area (Å²) in [6.45, 7) is 10.4. The third kappa shape index (κ3) is 3.99. The molecule has 0 saturated carbocycles. The molecule has 1 aromatic heterocycles. The van der Waals surface area contributed by atoms with Gasteiger partial charge in [-0.25, -0.2) is 0 Å². The van der Waals surface area contributed by atoms with Crippen LogP contribution < -0.4 is 5.32 Å². The van der Waals surface area contributed by atoms with Crippen molar-refractivity contribution in [1.29, 1.82) is 0 Å². The van der Waals surface area contributed by atoms with Gasteiger partial charge in [0, 0.05) is 25.0 Å². The van der Waals surface area contributed by atoms with Crippen molar-refractivity contribution in [2.75, 3.05) is 33.3 Å². The molecule has 1 saturated heterocycles. The number of rotatable bonds is 4. The Labute approximate surface area is 114 Å². The van der Waals surface area contributed by atoms with Crippen LogP contribution in [0.1, 0.15) is 32.5 Å². The lowest BCUT2D eigenvalue weighted by atomic mass is 9.96. The quantitative estimate of drug-likeness (QED) is 0.871. The molecular weight excluding hydrogens is 244 g/mol. The maximum absolute atomic E-state index is 5.67. The van der Waals surface area contributed by atoms with Gasteiger partial charge in [0.05, 0.1) is 19.3 Å². The van der Waals surface area contributed by atoms with Gasteiger partial charge in [-0.15, -0.1) is 0 Å². The van der Waals surface area contributed by atoms with Crippen molar-refractivity contribution >= 4 is 0 Å². The maximum atomic E-state index is 5.67. The summed E-state index contributed by atoms with van der Waals surface area (Å²) in [6.07, 6.45) is 0.240. The van der Waals surface area contributed by atoms with Crippen molar-refractivity contribution in [3.63, 3.8) is 0 Å². The van der Waals surface area contributed by atoms with Crippen LogP contribution in [0.3, 0.4) is 0 Å². The van der Waals surface area contributed by atoms with Gasteiger partial charge in [0.1, 0.15) is 0 Å². The minimum Gasteiger partial charge on any atom is -0.374 e. The van der Waals surface area contributed by atoms with E-state index in [1.807, 2.05) is 7.05 Å². The summed E-state index contributed by atoms with van der Waals surface area (Å²) in [5.74, 6) is 1.46. The molecule has 0 bridgehead atoms. The van der Waals surface area contributed by atoms with Crippen LogP contribution in [0.2, 0.25) is 0 Å². The van der Waals surface area contributed by atoms with Gasteiger partial charge in [-0.1, -0.05) is 25.9 Å². The summed E-state index contributed by atoms with van der Waals surface area (Å²) in [7, 11) is 1.94. The van der Waals surface area contributed by atoms with Gasteiger partial charge in [-0.05, 0) is 7.05 Å². The standard InChI is InChI=1S/C13H24N4O2/c1-13(2,3)12-15-11(19-16-12)9-17-5-6-18-10(8-17)7-14-4/h10,14H,5-9H2,1-4H3. The van der Waals surface area contributed by atoms with Crippen molar-refractivity contribution in [1.82, 2.24) is 20.4 Å². The largest absolute Gasteiger partial charge is 0.374 e. The number of morpholine rings is 1. The first-order chi connectivity index (χ1) is 8.99. The second kappa shape index (κ2) is 5.98. The first kappa shape index (κ1) is 14.4. The summed E-state index contributed by atoms with van der Waals surface area (Å²) >= 11 is 0. The van der Waals surface area contributed by atoms with E-state index in [0.717, 1.165) is 32.1 Å². The monoisotopic (exact) mass is 268 g/mol. The summed E-state index contributed by atoms with van der Waals surface area (Å²) in [4.78, 5) is 6.77. The average Bonchev–Trinajstić information content (AvgIpc) is 2.78. The number of likely N-dealkylation sites (N-methyl/N-ethyl adjacent to an activating group) is 1. The van der Waals surface area contributed by atoms with Crippen molar-refractivity contribution in [3.05, 3.63) is 11.7 Å². The molecule has 1 N–H and O–H groups in total. The predicted molar refractivity (Wildman–Crippen MR) is 71.9 cm³/mol. The van der Waals surface area contributed by atoms with Crippen LogP contribution in [0.4, 0.5) is 0 Å². The van der Waals surface area contributed by atoms with Crippen LogP contribution in [0.5, 0.6) is 0 Å². The average molecular weight is 268 g/mol. The molecule has 2 rings (SSSR count). The fourth-order valence-corrected chi connectivity index (χ4v) is 2.09. The van der Waals surface area contributed by atoms with Gasteiger partial charge in [0.2, 0.25) is 5.89 Å². The van der Waals surface area contributed by atoms with Gasteiger partial charge < -0.3 is 14.6 Å². The van der Waals surface area contributed by atoms with Crippen LogP contribution in [0.25, 0.3) is 0 Å². The fraction of sp³-hybridized carbons (Fsp3) is 0.846. The molecule has 0 spiro atoms. The lowest BCUT2D eigenvalue weighted by Gasteiger charge is -2.31. The van der Waals surface area contributed by atoms with Crippen molar-refractivity contribution in [2.45, 2.75) is 38.8 Å². The van der Waals surface area contributed by atoms with E-state index in [4.69, 9.17) is 9.26 Å². The maximum Gasteiger partial charge on any atom is 0.240 e. The highest BCUT2D eigenvalue weighted by Crippen LogP contribution is 2.19. The molecule has 0 amide bonds. The van der Waals surface area contributed by atoms with Gasteiger partial charge in [-0.2, -0.15) is 4.98 Å². The molecule has 2 heterocycles. The van der Waals surface area contributed by atoms with Crippen molar-refractivity contribution in [2.24, 2.45) is 0 Å². The third-order valence-corrected chi connectivity index (χ3v) is 3.15.